The summed E-state index contributed by atoms with van der Waals surface area (Å²) in [5, 5.41) is 9.70. The van der Waals surface area contributed by atoms with Crippen molar-refractivity contribution in [1.29, 1.82) is 0 Å². The molecule has 134 valence electrons. The van der Waals surface area contributed by atoms with Crippen molar-refractivity contribution >= 4 is 28.9 Å². The Bertz CT molecular complexity index is 849. The van der Waals surface area contributed by atoms with Gasteiger partial charge in [0.05, 0.1) is 23.9 Å². The minimum Gasteiger partial charge on any atom is -0.492 e. The number of thiocarbonyl (C=S) groups is 1. The molecule has 0 spiro atoms. The van der Waals surface area contributed by atoms with Crippen LogP contribution in [0.25, 0.3) is 0 Å². The predicted octanol–water partition coefficient (Wildman–Crippen LogP) is 3.52. The fourth-order valence-corrected chi connectivity index (χ4v) is 3.20. The van der Waals surface area contributed by atoms with Crippen LogP contribution in [-0.2, 0) is 4.79 Å². The molecule has 0 saturated heterocycles. The topological polar surface area (TPSA) is 62.4 Å². The number of ether oxygens (including phenoxy) is 1. The molecule has 0 bridgehead atoms. The first-order valence-corrected chi connectivity index (χ1v) is 8.87. The van der Waals surface area contributed by atoms with Crippen LogP contribution in [-0.4, -0.2) is 17.6 Å². The lowest BCUT2D eigenvalue weighted by Gasteiger charge is -2.30. The number of rotatable bonds is 5. The Kier molecular flexibility index (Phi) is 5.53. The molecular formula is C20H21N3O2S. The SMILES string of the molecule is CCOc1ccccc1NC(=O)C1=C(C)NC(=S)N[C@H]1c1ccccc1. The van der Waals surface area contributed by atoms with Gasteiger partial charge in [0.1, 0.15) is 5.75 Å². The molecule has 1 heterocycles. The zero-order valence-electron chi connectivity index (χ0n) is 14.7. The number of nitrogens with one attached hydrogen (secondary N) is 3. The highest BCUT2D eigenvalue weighted by molar-refractivity contribution is 7.80. The molecule has 3 N–H and O–H groups in total. The highest BCUT2D eigenvalue weighted by atomic mass is 32.1. The largest absolute Gasteiger partial charge is 0.492 e. The van der Waals surface area contributed by atoms with Crippen molar-refractivity contribution in [3.05, 3.63) is 71.4 Å². The maximum atomic E-state index is 13.1. The Hall–Kier alpha value is -2.86. The van der Waals surface area contributed by atoms with Crippen LogP contribution in [0.3, 0.4) is 0 Å². The Balaban J connectivity index is 1.93. The van der Waals surface area contributed by atoms with Gasteiger partial charge in [0, 0.05) is 5.70 Å². The van der Waals surface area contributed by atoms with Crippen molar-refractivity contribution < 1.29 is 9.53 Å². The van der Waals surface area contributed by atoms with Gasteiger partial charge in [-0.1, -0.05) is 42.5 Å². The Labute approximate surface area is 158 Å². The van der Waals surface area contributed by atoms with E-state index in [2.05, 4.69) is 16.0 Å². The lowest BCUT2D eigenvalue weighted by molar-refractivity contribution is -0.113. The van der Waals surface area contributed by atoms with E-state index in [1.54, 1.807) is 0 Å². The first-order valence-electron chi connectivity index (χ1n) is 8.46. The van der Waals surface area contributed by atoms with Crippen LogP contribution in [0.4, 0.5) is 5.69 Å². The van der Waals surface area contributed by atoms with E-state index >= 15 is 0 Å². The standard InChI is InChI=1S/C20H21N3O2S/c1-3-25-16-12-8-7-11-15(16)22-19(24)17-13(2)21-20(26)23-18(17)14-9-5-4-6-10-14/h4-12,18H,3H2,1-2H3,(H,22,24)(H2,21,23,26)/t18-/m0/s1. The zero-order chi connectivity index (χ0) is 18.5. The maximum absolute atomic E-state index is 13.1. The molecule has 1 aliphatic heterocycles. The second-order valence-corrected chi connectivity index (χ2v) is 6.27. The van der Waals surface area contributed by atoms with Gasteiger partial charge in [0.15, 0.2) is 5.11 Å². The van der Waals surface area contributed by atoms with Gasteiger partial charge in [-0.2, -0.15) is 0 Å². The molecule has 0 unspecified atom stereocenters. The number of hydrogen-bond acceptors (Lipinski definition) is 3. The second kappa shape index (κ2) is 8.01. The van der Waals surface area contributed by atoms with E-state index in [0.717, 1.165) is 11.3 Å². The van der Waals surface area contributed by atoms with Gasteiger partial charge in [0.25, 0.3) is 5.91 Å². The maximum Gasteiger partial charge on any atom is 0.255 e. The van der Waals surface area contributed by atoms with Gasteiger partial charge < -0.3 is 20.7 Å². The highest BCUT2D eigenvalue weighted by Crippen LogP contribution is 2.30. The van der Waals surface area contributed by atoms with Crippen LogP contribution < -0.4 is 20.7 Å². The van der Waals surface area contributed by atoms with E-state index in [0.29, 0.717) is 28.7 Å². The number of anilines is 1. The normalized spacial score (nSPS) is 16.5. The third kappa shape index (κ3) is 3.86. The summed E-state index contributed by atoms with van der Waals surface area (Å²) in [7, 11) is 0. The molecule has 0 aliphatic carbocycles. The molecule has 6 heteroatoms. The fourth-order valence-electron chi connectivity index (χ4n) is 2.93. The summed E-state index contributed by atoms with van der Waals surface area (Å²) in [6.07, 6.45) is 0. The van der Waals surface area contributed by atoms with Crippen molar-refractivity contribution in [2.75, 3.05) is 11.9 Å². The molecule has 2 aromatic carbocycles. The second-order valence-electron chi connectivity index (χ2n) is 5.86. The summed E-state index contributed by atoms with van der Waals surface area (Å²) in [5.41, 5.74) is 2.93. The first-order chi connectivity index (χ1) is 12.6. The summed E-state index contributed by atoms with van der Waals surface area (Å²) < 4.78 is 5.60. The summed E-state index contributed by atoms with van der Waals surface area (Å²) in [5.74, 6) is 0.441. The minimum absolute atomic E-state index is 0.203. The van der Waals surface area contributed by atoms with Gasteiger partial charge >= 0.3 is 0 Å². The average molecular weight is 367 g/mol. The summed E-state index contributed by atoms with van der Waals surface area (Å²) in [6, 6.07) is 16.9. The van der Waals surface area contributed by atoms with Crippen molar-refractivity contribution in [3.63, 3.8) is 0 Å². The first kappa shape index (κ1) is 17.9. The third-order valence-electron chi connectivity index (χ3n) is 4.08. The molecule has 5 nitrogen and oxygen atoms in total. The molecule has 0 aromatic heterocycles. The molecule has 0 radical (unpaired) electrons. The molecular weight excluding hydrogens is 346 g/mol. The molecule has 2 aromatic rings. The van der Waals surface area contributed by atoms with Crippen molar-refractivity contribution in [2.45, 2.75) is 19.9 Å². The number of carbonyl (C=O) groups is 1. The van der Waals surface area contributed by atoms with Crippen LogP contribution in [0, 0.1) is 0 Å². The van der Waals surface area contributed by atoms with Crippen LogP contribution in [0.2, 0.25) is 0 Å². The lowest BCUT2D eigenvalue weighted by Crippen LogP contribution is -2.45. The molecule has 0 saturated carbocycles. The van der Waals surface area contributed by atoms with E-state index in [9.17, 15) is 4.79 Å². The number of benzene rings is 2. The third-order valence-corrected chi connectivity index (χ3v) is 4.30. The smallest absolute Gasteiger partial charge is 0.255 e. The van der Waals surface area contributed by atoms with Gasteiger partial charge in [-0.3, -0.25) is 4.79 Å². The number of para-hydroxylation sites is 2. The number of allylic oxidation sites excluding steroid dienone is 1. The quantitative estimate of drug-likeness (QED) is 0.706. The number of hydrogen-bond donors (Lipinski definition) is 3. The predicted molar refractivity (Wildman–Crippen MR) is 107 cm³/mol. The van der Waals surface area contributed by atoms with Crippen LogP contribution >= 0.6 is 12.2 Å². The van der Waals surface area contributed by atoms with Gasteiger partial charge in [-0.05, 0) is 43.8 Å². The van der Waals surface area contributed by atoms with Crippen LogP contribution in [0.1, 0.15) is 25.5 Å². The molecule has 1 aliphatic rings. The Morgan fingerprint density at radius 2 is 1.85 bits per heavy atom. The van der Waals surface area contributed by atoms with Crippen molar-refractivity contribution in [2.24, 2.45) is 0 Å². The summed E-state index contributed by atoms with van der Waals surface area (Å²) in [6.45, 7) is 4.29. The Morgan fingerprint density at radius 3 is 2.58 bits per heavy atom. The van der Waals surface area contributed by atoms with Gasteiger partial charge in [-0.15, -0.1) is 0 Å². The lowest BCUT2D eigenvalue weighted by atomic mass is 9.95. The molecule has 0 fully saturated rings. The van der Waals surface area contributed by atoms with Gasteiger partial charge in [-0.25, -0.2) is 0 Å². The van der Waals surface area contributed by atoms with E-state index < -0.39 is 0 Å². The van der Waals surface area contributed by atoms with E-state index in [4.69, 9.17) is 17.0 Å². The highest BCUT2D eigenvalue weighted by Gasteiger charge is 2.30. The molecule has 26 heavy (non-hydrogen) atoms. The zero-order valence-corrected chi connectivity index (χ0v) is 15.5. The van der Waals surface area contributed by atoms with Crippen molar-refractivity contribution in [3.8, 4) is 5.75 Å². The van der Waals surface area contributed by atoms with Gasteiger partial charge in [0.2, 0.25) is 0 Å². The monoisotopic (exact) mass is 367 g/mol. The molecule has 1 atom stereocenters. The summed E-state index contributed by atoms with van der Waals surface area (Å²) >= 11 is 5.28. The number of carbonyl (C=O) groups excluding carboxylic acids is 1. The van der Waals surface area contributed by atoms with Crippen LogP contribution in [0.15, 0.2) is 65.9 Å². The molecule has 3 rings (SSSR count). The fraction of sp³-hybridized carbons (Fsp3) is 0.200. The van der Waals surface area contributed by atoms with E-state index in [1.807, 2.05) is 68.4 Å². The van der Waals surface area contributed by atoms with Crippen LogP contribution in [0.5, 0.6) is 5.75 Å². The number of amides is 1. The minimum atomic E-state index is -0.316. The van der Waals surface area contributed by atoms with Crippen molar-refractivity contribution in [1.82, 2.24) is 10.6 Å². The molecule has 1 amide bonds. The summed E-state index contributed by atoms with van der Waals surface area (Å²) in [4.78, 5) is 13.1. The van der Waals surface area contributed by atoms with E-state index in [1.165, 1.54) is 0 Å². The Morgan fingerprint density at radius 1 is 1.15 bits per heavy atom. The van der Waals surface area contributed by atoms with E-state index in [-0.39, 0.29) is 11.9 Å². The average Bonchev–Trinajstić information content (AvgIpc) is 2.63.